The second kappa shape index (κ2) is 4.79. The summed E-state index contributed by atoms with van der Waals surface area (Å²) in [5.41, 5.74) is 0. The maximum Gasteiger partial charge on any atom is 0.223 e. The lowest BCUT2D eigenvalue weighted by Gasteiger charge is -2.13. The number of rotatable bonds is 3. The number of hydrogen-bond acceptors (Lipinski definition) is 1. The van der Waals surface area contributed by atoms with Crippen molar-refractivity contribution in [3.05, 3.63) is 0 Å². The zero-order valence-electron chi connectivity index (χ0n) is 7.35. The van der Waals surface area contributed by atoms with E-state index in [4.69, 9.17) is 6.42 Å². The van der Waals surface area contributed by atoms with Crippen molar-refractivity contribution in [2.45, 2.75) is 20.8 Å². The average Bonchev–Trinajstić information content (AvgIpc) is 1.98. The summed E-state index contributed by atoms with van der Waals surface area (Å²) in [6.07, 6.45) is 4.99. The van der Waals surface area contributed by atoms with Crippen LogP contribution in [-0.2, 0) is 4.79 Å². The minimum Gasteiger partial charge on any atom is -0.345 e. The molecule has 0 aliphatic heterocycles. The molecule has 0 saturated carbocycles. The van der Waals surface area contributed by atoms with Crippen LogP contribution in [0.15, 0.2) is 0 Å². The molecule has 1 amide bonds. The Kier molecular flexibility index (Phi) is 4.36. The van der Waals surface area contributed by atoms with Crippen LogP contribution in [0.5, 0.6) is 0 Å². The lowest BCUT2D eigenvalue weighted by molar-refractivity contribution is -0.125. The van der Waals surface area contributed by atoms with Crippen molar-refractivity contribution in [1.82, 2.24) is 5.32 Å². The number of carbonyl (C=O) groups excluding carboxylic acids is 1. The van der Waals surface area contributed by atoms with Crippen LogP contribution in [0.1, 0.15) is 20.8 Å². The van der Waals surface area contributed by atoms with Crippen molar-refractivity contribution in [3.8, 4) is 12.3 Å². The van der Waals surface area contributed by atoms with Gasteiger partial charge < -0.3 is 5.32 Å². The molecule has 2 nitrogen and oxygen atoms in total. The summed E-state index contributed by atoms with van der Waals surface area (Å²) in [4.78, 5) is 11.1. The average molecular weight is 153 g/mol. The zero-order chi connectivity index (χ0) is 8.85. The molecule has 0 aliphatic rings. The summed E-state index contributed by atoms with van der Waals surface area (Å²) < 4.78 is 0. The minimum atomic E-state index is 0.0398. The fourth-order valence-electron chi connectivity index (χ4n) is 0.602. The molecule has 0 bridgehead atoms. The molecule has 1 unspecified atom stereocenters. The molecule has 62 valence electrons. The van der Waals surface area contributed by atoms with Gasteiger partial charge in [-0.2, -0.15) is 0 Å². The zero-order valence-corrected chi connectivity index (χ0v) is 7.35. The van der Waals surface area contributed by atoms with Gasteiger partial charge in [-0.15, -0.1) is 6.42 Å². The van der Waals surface area contributed by atoms with Crippen molar-refractivity contribution in [2.75, 3.05) is 6.54 Å². The molecule has 0 aromatic carbocycles. The van der Waals surface area contributed by atoms with E-state index in [1.807, 2.05) is 20.8 Å². The van der Waals surface area contributed by atoms with Crippen LogP contribution in [0.2, 0.25) is 0 Å². The van der Waals surface area contributed by atoms with Gasteiger partial charge in [-0.3, -0.25) is 4.79 Å². The molecule has 1 N–H and O–H groups in total. The van der Waals surface area contributed by atoms with Crippen LogP contribution in [0.25, 0.3) is 0 Å². The van der Waals surface area contributed by atoms with E-state index in [-0.39, 0.29) is 11.8 Å². The normalized spacial score (nSPS) is 12.3. The predicted molar refractivity (Wildman–Crippen MR) is 45.8 cm³/mol. The highest BCUT2D eigenvalue weighted by atomic mass is 16.1. The van der Waals surface area contributed by atoms with Gasteiger partial charge in [0, 0.05) is 5.92 Å². The summed E-state index contributed by atoms with van der Waals surface area (Å²) in [5, 5.41) is 2.64. The van der Waals surface area contributed by atoms with Crippen LogP contribution in [0, 0.1) is 24.2 Å². The van der Waals surface area contributed by atoms with Gasteiger partial charge in [0.05, 0.1) is 6.54 Å². The third kappa shape index (κ3) is 3.67. The summed E-state index contributed by atoms with van der Waals surface area (Å²) in [5.74, 6) is 2.81. The molecule has 0 aromatic heterocycles. The molecule has 0 radical (unpaired) electrons. The molecule has 0 aliphatic carbocycles. The molecule has 11 heavy (non-hydrogen) atoms. The first-order chi connectivity index (χ1) is 5.09. The highest BCUT2D eigenvalue weighted by Gasteiger charge is 2.14. The van der Waals surface area contributed by atoms with Gasteiger partial charge >= 0.3 is 0 Å². The Bertz CT molecular complexity index is 167. The van der Waals surface area contributed by atoms with Crippen LogP contribution >= 0.6 is 0 Å². The van der Waals surface area contributed by atoms with Crippen LogP contribution < -0.4 is 5.32 Å². The van der Waals surface area contributed by atoms with E-state index in [0.29, 0.717) is 12.5 Å². The summed E-state index contributed by atoms with van der Waals surface area (Å²) >= 11 is 0. The van der Waals surface area contributed by atoms with Crippen molar-refractivity contribution >= 4 is 5.91 Å². The Hall–Kier alpha value is -0.970. The Morgan fingerprint density at radius 3 is 2.45 bits per heavy atom. The Morgan fingerprint density at radius 2 is 2.09 bits per heavy atom. The molecule has 0 saturated heterocycles. The van der Waals surface area contributed by atoms with Gasteiger partial charge in [0.15, 0.2) is 0 Å². The van der Waals surface area contributed by atoms with E-state index in [1.165, 1.54) is 0 Å². The lowest BCUT2D eigenvalue weighted by Crippen LogP contribution is -2.31. The SMILES string of the molecule is C#CCNC(=O)C(C)C(C)C. The van der Waals surface area contributed by atoms with Crippen LogP contribution in [-0.4, -0.2) is 12.5 Å². The Balaban J connectivity index is 3.76. The first kappa shape index (κ1) is 10.0. The first-order valence-electron chi connectivity index (χ1n) is 3.80. The van der Waals surface area contributed by atoms with Gasteiger partial charge in [-0.05, 0) is 5.92 Å². The maximum atomic E-state index is 11.1. The number of terminal acetylenes is 1. The fraction of sp³-hybridized carbons (Fsp3) is 0.667. The van der Waals surface area contributed by atoms with E-state index < -0.39 is 0 Å². The Labute approximate surface area is 68.4 Å². The van der Waals surface area contributed by atoms with E-state index in [2.05, 4.69) is 11.2 Å². The highest BCUT2D eigenvalue weighted by Crippen LogP contribution is 2.08. The molecular weight excluding hydrogens is 138 g/mol. The van der Waals surface area contributed by atoms with Gasteiger partial charge in [-0.1, -0.05) is 26.7 Å². The van der Waals surface area contributed by atoms with Gasteiger partial charge in [0.25, 0.3) is 0 Å². The fourth-order valence-corrected chi connectivity index (χ4v) is 0.602. The monoisotopic (exact) mass is 153 g/mol. The lowest BCUT2D eigenvalue weighted by atomic mass is 9.97. The molecule has 0 aromatic rings. The summed E-state index contributed by atoms with van der Waals surface area (Å²) in [7, 11) is 0. The number of carbonyl (C=O) groups is 1. The molecule has 0 spiro atoms. The third-order valence-corrected chi connectivity index (χ3v) is 1.78. The van der Waals surface area contributed by atoms with Gasteiger partial charge in [0.2, 0.25) is 5.91 Å². The van der Waals surface area contributed by atoms with Crippen molar-refractivity contribution in [1.29, 1.82) is 0 Å². The maximum absolute atomic E-state index is 11.1. The molecular formula is C9H15NO. The topological polar surface area (TPSA) is 29.1 Å². The van der Waals surface area contributed by atoms with Crippen LogP contribution in [0.3, 0.4) is 0 Å². The third-order valence-electron chi connectivity index (χ3n) is 1.78. The molecule has 1 atom stereocenters. The van der Waals surface area contributed by atoms with E-state index >= 15 is 0 Å². The second-order valence-corrected chi connectivity index (χ2v) is 2.95. The van der Waals surface area contributed by atoms with E-state index in [0.717, 1.165) is 0 Å². The molecule has 2 heteroatoms. The van der Waals surface area contributed by atoms with Gasteiger partial charge in [0.1, 0.15) is 0 Å². The smallest absolute Gasteiger partial charge is 0.223 e. The number of nitrogens with one attached hydrogen (secondary N) is 1. The first-order valence-corrected chi connectivity index (χ1v) is 3.80. The standard InChI is InChI=1S/C9H15NO/c1-5-6-10-9(11)8(4)7(2)3/h1,7-8H,6H2,2-4H3,(H,10,11). The second-order valence-electron chi connectivity index (χ2n) is 2.95. The van der Waals surface area contributed by atoms with Crippen molar-refractivity contribution in [2.24, 2.45) is 11.8 Å². The van der Waals surface area contributed by atoms with E-state index in [9.17, 15) is 4.79 Å². The quantitative estimate of drug-likeness (QED) is 0.603. The van der Waals surface area contributed by atoms with Crippen molar-refractivity contribution in [3.63, 3.8) is 0 Å². The minimum absolute atomic E-state index is 0.0398. The van der Waals surface area contributed by atoms with E-state index in [1.54, 1.807) is 0 Å². The molecule has 0 fully saturated rings. The largest absolute Gasteiger partial charge is 0.345 e. The van der Waals surface area contributed by atoms with Gasteiger partial charge in [-0.25, -0.2) is 0 Å². The van der Waals surface area contributed by atoms with Crippen molar-refractivity contribution < 1.29 is 4.79 Å². The number of amides is 1. The number of hydrogen-bond donors (Lipinski definition) is 1. The summed E-state index contributed by atoms with van der Waals surface area (Å²) in [6, 6.07) is 0. The highest BCUT2D eigenvalue weighted by molar-refractivity contribution is 5.78. The summed E-state index contributed by atoms with van der Waals surface area (Å²) in [6.45, 7) is 6.26. The molecule has 0 rings (SSSR count). The Morgan fingerprint density at radius 1 is 1.55 bits per heavy atom. The predicted octanol–water partition coefficient (Wildman–Crippen LogP) is 1.03. The van der Waals surface area contributed by atoms with Crippen LogP contribution in [0.4, 0.5) is 0 Å². The molecule has 0 heterocycles.